The molecule has 33 heavy (non-hydrogen) atoms. The van der Waals surface area contributed by atoms with Crippen molar-refractivity contribution in [3.63, 3.8) is 0 Å². The smallest absolute Gasteiger partial charge is 0.303 e. The van der Waals surface area contributed by atoms with Crippen molar-refractivity contribution < 1.29 is 33.3 Å². The standard InChI is InChI=1S/C26H36O7/c1-15(27)19-8-9-20-21-7-6-18-12-25(30-5)11-10-23(18,4)26(21,33-25)22(32-17(3)29)13-24(19,20)14-31-16(2)28/h8,18,20-22H,6-7,9-14H2,1-5H3/t18?,20-,21-,22?,23-,24-,25?,26-/m0/s1. The Morgan fingerprint density at radius 1 is 1.06 bits per heavy atom. The molecule has 0 radical (unpaired) electrons. The fraction of sp³-hybridized carbons (Fsp3) is 0.808. The van der Waals surface area contributed by atoms with Gasteiger partial charge in [-0.05, 0) is 50.4 Å². The van der Waals surface area contributed by atoms with Crippen LogP contribution in [0.25, 0.3) is 0 Å². The molecule has 0 N–H and O–H groups in total. The predicted molar refractivity (Wildman–Crippen MR) is 118 cm³/mol. The van der Waals surface area contributed by atoms with Crippen LogP contribution in [0, 0.1) is 28.6 Å². The molecule has 6 rings (SSSR count). The van der Waals surface area contributed by atoms with Crippen molar-refractivity contribution in [1.82, 2.24) is 0 Å². The molecule has 7 nitrogen and oxygen atoms in total. The van der Waals surface area contributed by atoms with Crippen LogP contribution >= 0.6 is 0 Å². The number of carbonyl (C=O) groups is 3. The van der Waals surface area contributed by atoms with E-state index in [2.05, 4.69) is 6.92 Å². The van der Waals surface area contributed by atoms with Crippen LogP contribution in [0.2, 0.25) is 0 Å². The average Bonchev–Trinajstić information content (AvgIpc) is 3.11. The summed E-state index contributed by atoms with van der Waals surface area (Å²) in [4.78, 5) is 37.0. The van der Waals surface area contributed by atoms with Crippen LogP contribution in [0.1, 0.15) is 72.6 Å². The van der Waals surface area contributed by atoms with Crippen LogP contribution in [-0.2, 0) is 33.3 Å². The summed E-state index contributed by atoms with van der Waals surface area (Å²) in [5.74, 6) is -0.834. The minimum Gasteiger partial charge on any atom is -0.465 e. The van der Waals surface area contributed by atoms with E-state index in [1.165, 1.54) is 13.8 Å². The third-order valence-electron chi connectivity index (χ3n) is 10.0. The molecule has 4 bridgehead atoms. The van der Waals surface area contributed by atoms with E-state index in [-0.39, 0.29) is 41.6 Å². The van der Waals surface area contributed by atoms with Gasteiger partial charge in [0.25, 0.3) is 0 Å². The van der Waals surface area contributed by atoms with Crippen LogP contribution < -0.4 is 0 Å². The molecule has 0 aromatic heterocycles. The maximum Gasteiger partial charge on any atom is 0.303 e. The summed E-state index contributed by atoms with van der Waals surface area (Å²) in [6.45, 7) is 6.84. The Labute approximate surface area is 195 Å². The number of methoxy groups -OCH3 is 1. The molecule has 2 aliphatic heterocycles. The Balaban J connectivity index is 1.67. The molecule has 2 heterocycles. The number of hydrogen-bond donors (Lipinski definition) is 0. The molecule has 1 spiro atoms. The fourth-order valence-electron chi connectivity index (χ4n) is 8.77. The Morgan fingerprint density at radius 2 is 1.82 bits per heavy atom. The van der Waals surface area contributed by atoms with Gasteiger partial charge in [-0.15, -0.1) is 0 Å². The topological polar surface area (TPSA) is 88.1 Å². The highest BCUT2D eigenvalue weighted by molar-refractivity contribution is 5.95. The number of ketones is 1. The second-order valence-corrected chi connectivity index (χ2v) is 11.3. The molecule has 5 fully saturated rings. The number of fused-ring (bicyclic) bond motifs is 3. The quantitative estimate of drug-likeness (QED) is 0.578. The minimum absolute atomic E-state index is 0.0125. The van der Waals surface area contributed by atoms with Gasteiger partial charge in [0.05, 0.1) is 0 Å². The number of ether oxygens (including phenoxy) is 4. The molecule has 3 unspecified atom stereocenters. The normalized spacial score (nSPS) is 47.2. The first-order valence-electron chi connectivity index (χ1n) is 12.3. The lowest BCUT2D eigenvalue weighted by Gasteiger charge is -2.74. The monoisotopic (exact) mass is 460 g/mol. The van der Waals surface area contributed by atoms with Gasteiger partial charge in [-0.2, -0.15) is 0 Å². The second kappa shape index (κ2) is 7.38. The van der Waals surface area contributed by atoms with Crippen molar-refractivity contribution in [3.8, 4) is 0 Å². The van der Waals surface area contributed by atoms with E-state index in [0.717, 1.165) is 38.5 Å². The summed E-state index contributed by atoms with van der Waals surface area (Å²) in [5.41, 5.74) is -0.797. The molecule has 0 amide bonds. The van der Waals surface area contributed by atoms with Gasteiger partial charge in [0, 0.05) is 56.6 Å². The van der Waals surface area contributed by atoms with Crippen LogP contribution in [-0.4, -0.2) is 48.9 Å². The number of carbonyl (C=O) groups excluding carboxylic acids is 3. The third-order valence-corrected chi connectivity index (χ3v) is 10.0. The zero-order chi connectivity index (χ0) is 23.8. The van der Waals surface area contributed by atoms with E-state index in [1.54, 1.807) is 14.0 Å². The predicted octanol–water partition coefficient (Wildman–Crippen LogP) is 3.73. The average molecular weight is 461 g/mol. The summed E-state index contributed by atoms with van der Waals surface area (Å²) < 4.78 is 24.8. The van der Waals surface area contributed by atoms with Gasteiger partial charge in [-0.25, -0.2) is 0 Å². The van der Waals surface area contributed by atoms with E-state index in [9.17, 15) is 14.4 Å². The minimum atomic E-state index is -0.682. The first kappa shape index (κ1) is 23.0. The zero-order valence-corrected chi connectivity index (χ0v) is 20.4. The van der Waals surface area contributed by atoms with Crippen LogP contribution in [0.5, 0.6) is 0 Å². The molecule has 0 aromatic carbocycles. The highest BCUT2D eigenvalue weighted by Gasteiger charge is 2.78. The number of rotatable bonds is 5. The van der Waals surface area contributed by atoms with Gasteiger partial charge >= 0.3 is 11.9 Å². The van der Waals surface area contributed by atoms with Gasteiger partial charge in [0.15, 0.2) is 11.6 Å². The summed E-state index contributed by atoms with van der Waals surface area (Å²) >= 11 is 0. The van der Waals surface area contributed by atoms with E-state index < -0.39 is 22.9 Å². The molecule has 2 saturated heterocycles. The lowest BCUT2D eigenvalue weighted by Crippen LogP contribution is -2.79. The number of esters is 2. The summed E-state index contributed by atoms with van der Waals surface area (Å²) in [5, 5.41) is 0. The molecule has 3 saturated carbocycles. The number of Topliss-reactive ketones (excluding diaryl/α,β-unsaturated/α-hetero) is 1. The first-order valence-corrected chi connectivity index (χ1v) is 12.3. The number of allylic oxidation sites excluding steroid dienone is 1. The maximum absolute atomic E-state index is 12.8. The van der Waals surface area contributed by atoms with E-state index >= 15 is 0 Å². The molecule has 182 valence electrons. The Bertz CT molecular complexity index is 926. The van der Waals surface area contributed by atoms with Gasteiger partial charge < -0.3 is 18.9 Å². The first-order chi connectivity index (χ1) is 15.5. The zero-order valence-electron chi connectivity index (χ0n) is 20.4. The van der Waals surface area contributed by atoms with Gasteiger partial charge in [-0.1, -0.05) is 13.0 Å². The molecular weight excluding hydrogens is 424 g/mol. The molecular formula is C26H36O7. The molecule has 4 aliphatic carbocycles. The van der Waals surface area contributed by atoms with Crippen LogP contribution in [0.4, 0.5) is 0 Å². The highest BCUT2D eigenvalue weighted by Crippen LogP contribution is 2.74. The fourth-order valence-corrected chi connectivity index (χ4v) is 8.77. The Morgan fingerprint density at radius 3 is 2.45 bits per heavy atom. The summed E-state index contributed by atoms with van der Waals surface area (Å²) in [6.07, 6.45) is 7.27. The van der Waals surface area contributed by atoms with Crippen molar-refractivity contribution in [3.05, 3.63) is 11.6 Å². The SMILES string of the molecule is COC12CC[C@@]3(C)C(CC[C@H]4[C@@H]5CC=C(C(C)=O)[C@@]5(COC(C)=O)CC(OC(C)=O)[C@@]43O1)C2. The van der Waals surface area contributed by atoms with Gasteiger partial charge in [0.2, 0.25) is 0 Å². The highest BCUT2D eigenvalue weighted by atomic mass is 16.7. The lowest BCUT2D eigenvalue weighted by molar-refractivity contribution is -0.440. The summed E-state index contributed by atoms with van der Waals surface area (Å²) in [6, 6.07) is 0. The van der Waals surface area contributed by atoms with Crippen molar-refractivity contribution in [2.45, 2.75) is 90.1 Å². The largest absolute Gasteiger partial charge is 0.465 e. The van der Waals surface area contributed by atoms with Crippen molar-refractivity contribution in [2.24, 2.45) is 28.6 Å². The Hall–Kier alpha value is -1.73. The van der Waals surface area contributed by atoms with Crippen molar-refractivity contribution >= 4 is 17.7 Å². The molecule has 6 aliphatic rings. The summed E-state index contributed by atoms with van der Waals surface area (Å²) in [7, 11) is 1.72. The molecule has 7 heteroatoms. The molecule has 0 aromatic rings. The maximum atomic E-state index is 12.8. The van der Waals surface area contributed by atoms with E-state index in [0.29, 0.717) is 17.9 Å². The van der Waals surface area contributed by atoms with E-state index in [1.807, 2.05) is 6.08 Å². The van der Waals surface area contributed by atoms with Crippen LogP contribution in [0.3, 0.4) is 0 Å². The molecule has 8 atom stereocenters. The van der Waals surface area contributed by atoms with Gasteiger partial charge in [0.1, 0.15) is 18.3 Å². The van der Waals surface area contributed by atoms with Crippen molar-refractivity contribution in [2.75, 3.05) is 13.7 Å². The lowest BCUT2D eigenvalue weighted by atomic mass is 9.39. The van der Waals surface area contributed by atoms with Gasteiger partial charge in [-0.3, -0.25) is 14.4 Å². The van der Waals surface area contributed by atoms with Crippen molar-refractivity contribution in [1.29, 1.82) is 0 Å². The third kappa shape index (κ3) is 2.90. The Kier molecular flexibility index (Phi) is 5.15. The second-order valence-electron chi connectivity index (χ2n) is 11.3. The number of hydrogen-bond acceptors (Lipinski definition) is 7. The van der Waals surface area contributed by atoms with E-state index in [4.69, 9.17) is 18.9 Å². The van der Waals surface area contributed by atoms with Crippen LogP contribution in [0.15, 0.2) is 11.6 Å².